The van der Waals surface area contributed by atoms with Crippen LogP contribution in [0.25, 0.3) is 0 Å². The topological polar surface area (TPSA) is 84.3 Å². The number of halogens is 1. The Kier molecular flexibility index (Phi) is 5.58. The van der Waals surface area contributed by atoms with E-state index in [4.69, 9.17) is 0 Å². The Labute approximate surface area is 146 Å². The molecule has 7 nitrogen and oxygen atoms in total. The van der Waals surface area contributed by atoms with Crippen molar-refractivity contribution in [3.8, 4) is 0 Å². The van der Waals surface area contributed by atoms with Crippen LogP contribution in [0, 0.1) is 12.7 Å². The number of carbonyl (C=O) groups is 1. The zero-order valence-corrected chi connectivity index (χ0v) is 15.4. The number of sulfonamides is 1. The summed E-state index contributed by atoms with van der Waals surface area (Å²) in [4.78, 5) is 11.9. The Morgan fingerprint density at radius 2 is 1.92 bits per heavy atom. The second-order valence-electron chi connectivity index (χ2n) is 5.48. The minimum atomic E-state index is -4.00. The average molecular weight is 368 g/mol. The predicted molar refractivity (Wildman–Crippen MR) is 92.4 cm³/mol. The summed E-state index contributed by atoms with van der Waals surface area (Å²) in [7, 11) is -2.33. The van der Waals surface area contributed by atoms with E-state index in [-0.39, 0.29) is 18.7 Å². The van der Waals surface area contributed by atoms with Gasteiger partial charge in [-0.1, -0.05) is 13.8 Å². The normalized spacial score (nSPS) is 11.8. The summed E-state index contributed by atoms with van der Waals surface area (Å²) in [6.07, 6.45) is 0. The molecule has 1 aromatic heterocycles. The van der Waals surface area contributed by atoms with E-state index >= 15 is 0 Å². The number of nitrogens with zero attached hydrogens (tertiary/aromatic N) is 3. The molecule has 25 heavy (non-hydrogen) atoms. The van der Waals surface area contributed by atoms with Crippen molar-refractivity contribution in [1.82, 2.24) is 14.1 Å². The van der Waals surface area contributed by atoms with Crippen LogP contribution in [-0.4, -0.2) is 41.5 Å². The fourth-order valence-corrected chi connectivity index (χ4v) is 4.01. The highest BCUT2D eigenvalue weighted by Crippen LogP contribution is 2.21. The smallest absolute Gasteiger partial charge is 0.256 e. The van der Waals surface area contributed by atoms with E-state index in [9.17, 15) is 17.6 Å². The molecule has 2 aromatic rings. The monoisotopic (exact) mass is 368 g/mol. The Bertz CT molecular complexity index is 889. The molecule has 0 saturated heterocycles. The predicted octanol–water partition coefficient (Wildman–Crippen LogP) is 2.15. The summed E-state index contributed by atoms with van der Waals surface area (Å²) in [6.45, 7) is 5.54. The van der Waals surface area contributed by atoms with Gasteiger partial charge in [0.1, 0.15) is 16.5 Å². The van der Waals surface area contributed by atoms with Gasteiger partial charge in [-0.25, -0.2) is 12.8 Å². The lowest BCUT2D eigenvalue weighted by Gasteiger charge is -2.19. The van der Waals surface area contributed by atoms with E-state index in [1.807, 2.05) is 0 Å². The maximum atomic E-state index is 14.1. The number of hydrogen-bond donors (Lipinski definition) is 1. The number of nitrogens with one attached hydrogen (secondary N) is 1. The highest BCUT2D eigenvalue weighted by atomic mass is 32.2. The third kappa shape index (κ3) is 3.88. The first-order valence-corrected chi connectivity index (χ1v) is 9.26. The van der Waals surface area contributed by atoms with Crippen LogP contribution in [0.3, 0.4) is 0 Å². The molecule has 1 amide bonds. The molecule has 2 rings (SSSR count). The molecule has 0 spiro atoms. The highest BCUT2D eigenvalue weighted by molar-refractivity contribution is 7.89. The molecule has 0 bridgehead atoms. The number of rotatable bonds is 6. The molecule has 0 fully saturated rings. The van der Waals surface area contributed by atoms with Crippen molar-refractivity contribution in [1.29, 1.82) is 0 Å². The second-order valence-corrected chi connectivity index (χ2v) is 7.39. The van der Waals surface area contributed by atoms with Crippen LogP contribution in [0.1, 0.15) is 29.9 Å². The zero-order valence-electron chi connectivity index (χ0n) is 14.6. The number of aromatic nitrogens is 2. The standard InChI is InChI=1S/C16H21FN4O3S/c1-5-21(6-2)25(23,24)14-10-12(7-8-13(14)17)16(22)18-15-9-11(3)19-20(15)4/h7-10H,5-6H2,1-4H3,(H,18,22). The van der Waals surface area contributed by atoms with Crippen LogP contribution in [0.5, 0.6) is 0 Å². The van der Waals surface area contributed by atoms with Crippen LogP contribution in [-0.2, 0) is 17.1 Å². The molecule has 0 unspecified atom stereocenters. The van der Waals surface area contributed by atoms with Crippen LogP contribution in [0.2, 0.25) is 0 Å². The molecule has 0 atom stereocenters. The molecule has 0 aliphatic rings. The number of amides is 1. The molecule has 0 radical (unpaired) electrons. The fraction of sp³-hybridized carbons (Fsp3) is 0.375. The largest absolute Gasteiger partial charge is 0.307 e. The van der Waals surface area contributed by atoms with Gasteiger partial charge in [-0.2, -0.15) is 9.40 Å². The van der Waals surface area contributed by atoms with Gasteiger partial charge in [0.25, 0.3) is 5.91 Å². The molecule has 1 heterocycles. The molecule has 9 heteroatoms. The zero-order chi connectivity index (χ0) is 18.8. The number of anilines is 1. The van der Waals surface area contributed by atoms with E-state index in [1.165, 1.54) is 10.7 Å². The maximum Gasteiger partial charge on any atom is 0.256 e. The summed E-state index contributed by atoms with van der Waals surface area (Å²) in [6, 6.07) is 4.96. The number of aryl methyl sites for hydroxylation is 2. The second kappa shape index (κ2) is 7.32. The Morgan fingerprint density at radius 3 is 2.44 bits per heavy atom. The Hall–Kier alpha value is -2.26. The van der Waals surface area contributed by atoms with Crippen molar-refractivity contribution in [2.45, 2.75) is 25.7 Å². The van der Waals surface area contributed by atoms with Crippen LogP contribution < -0.4 is 5.32 Å². The van der Waals surface area contributed by atoms with Gasteiger partial charge >= 0.3 is 0 Å². The molecule has 1 aromatic carbocycles. The van der Waals surface area contributed by atoms with Crippen molar-refractivity contribution in [2.75, 3.05) is 18.4 Å². The maximum absolute atomic E-state index is 14.1. The first kappa shape index (κ1) is 19.1. The van der Waals surface area contributed by atoms with Crippen molar-refractivity contribution < 1.29 is 17.6 Å². The molecule has 1 N–H and O–H groups in total. The minimum Gasteiger partial charge on any atom is -0.307 e. The van der Waals surface area contributed by atoms with Crippen LogP contribution in [0.4, 0.5) is 10.2 Å². The lowest BCUT2D eigenvalue weighted by Crippen LogP contribution is -2.31. The van der Waals surface area contributed by atoms with Gasteiger partial charge in [-0.3, -0.25) is 9.48 Å². The van der Waals surface area contributed by atoms with Gasteiger partial charge in [0.05, 0.1) is 5.69 Å². The first-order valence-electron chi connectivity index (χ1n) is 7.82. The van der Waals surface area contributed by atoms with Crippen molar-refractivity contribution in [3.63, 3.8) is 0 Å². The molecule has 0 saturated carbocycles. The third-order valence-corrected chi connectivity index (χ3v) is 5.83. The van der Waals surface area contributed by atoms with Crippen molar-refractivity contribution in [2.24, 2.45) is 7.05 Å². The third-order valence-electron chi connectivity index (χ3n) is 3.76. The van der Waals surface area contributed by atoms with E-state index in [0.29, 0.717) is 5.82 Å². The highest BCUT2D eigenvalue weighted by Gasteiger charge is 2.26. The first-order chi connectivity index (χ1) is 11.7. The van der Waals surface area contributed by atoms with E-state index < -0.39 is 26.6 Å². The van der Waals surface area contributed by atoms with E-state index in [2.05, 4.69) is 10.4 Å². The minimum absolute atomic E-state index is 0.0472. The summed E-state index contributed by atoms with van der Waals surface area (Å²) >= 11 is 0. The number of carbonyl (C=O) groups excluding carboxylic acids is 1. The summed E-state index contributed by atoms with van der Waals surface area (Å²) < 4.78 is 41.8. The summed E-state index contributed by atoms with van der Waals surface area (Å²) in [5, 5.41) is 6.75. The van der Waals surface area contributed by atoms with Gasteiger partial charge in [0, 0.05) is 31.8 Å². The Morgan fingerprint density at radius 1 is 1.28 bits per heavy atom. The molecule has 136 valence electrons. The summed E-state index contributed by atoms with van der Waals surface area (Å²) in [5.74, 6) is -0.973. The van der Waals surface area contributed by atoms with Gasteiger partial charge in [-0.15, -0.1) is 0 Å². The number of hydrogen-bond acceptors (Lipinski definition) is 4. The molecule has 0 aliphatic carbocycles. The molecule has 0 aliphatic heterocycles. The summed E-state index contributed by atoms with van der Waals surface area (Å²) in [5.41, 5.74) is 0.771. The van der Waals surface area contributed by atoms with Gasteiger partial charge in [0.15, 0.2) is 0 Å². The van der Waals surface area contributed by atoms with Gasteiger partial charge in [-0.05, 0) is 25.1 Å². The fourth-order valence-electron chi connectivity index (χ4n) is 2.46. The van der Waals surface area contributed by atoms with Crippen LogP contribution in [0.15, 0.2) is 29.2 Å². The Balaban J connectivity index is 2.38. The van der Waals surface area contributed by atoms with Crippen LogP contribution >= 0.6 is 0 Å². The molecular formula is C16H21FN4O3S. The molecular weight excluding hydrogens is 347 g/mol. The lowest BCUT2D eigenvalue weighted by atomic mass is 10.2. The quantitative estimate of drug-likeness (QED) is 0.847. The van der Waals surface area contributed by atoms with Gasteiger partial charge in [0.2, 0.25) is 10.0 Å². The van der Waals surface area contributed by atoms with Crippen molar-refractivity contribution >= 4 is 21.7 Å². The number of benzene rings is 1. The van der Waals surface area contributed by atoms with Gasteiger partial charge < -0.3 is 5.32 Å². The van der Waals surface area contributed by atoms with Crippen molar-refractivity contribution in [3.05, 3.63) is 41.3 Å². The van der Waals surface area contributed by atoms with E-state index in [1.54, 1.807) is 33.9 Å². The lowest BCUT2D eigenvalue weighted by molar-refractivity contribution is 0.102. The average Bonchev–Trinajstić information content (AvgIpc) is 2.85. The van der Waals surface area contributed by atoms with E-state index in [0.717, 1.165) is 22.1 Å². The SMILES string of the molecule is CCN(CC)S(=O)(=O)c1cc(C(=O)Nc2cc(C)nn2C)ccc1F.